The van der Waals surface area contributed by atoms with Gasteiger partial charge in [0.05, 0.1) is 18.8 Å². The molecule has 0 bridgehead atoms. The molecule has 0 spiro atoms. The summed E-state index contributed by atoms with van der Waals surface area (Å²) in [6, 6.07) is 12.2. The van der Waals surface area contributed by atoms with Crippen LogP contribution in [0.3, 0.4) is 0 Å². The van der Waals surface area contributed by atoms with Gasteiger partial charge in [0, 0.05) is 29.6 Å². The lowest BCUT2D eigenvalue weighted by Crippen LogP contribution is -2.33. The van der Waals surface area contributed by atoms with Gasteiger partial charge < -0.3 is 10.0 Å². The van der Waals surface area contributed by atoms with Crippen LogP contribution in [-0.2, 0) is 19.4 Å². The molecule has 0 fully saturated rings. The first-order valence-electron chi connectivity index (χ1n) is 9.00. The lowest BCUT2D eigenvalue weighted by Gasteiger charge is -2.30. The highest BCUT2D eigenvalue weighted by atomic mass is 32.2. The first-order valence-corrected chi connectivity index (χ1v) is 9.81. The van der Waals surface area contributed by atoms with E-state index in [1.807, 2.05) is 31.2 Å². The Bertz CT molecular complexity index is 935. The highest BCUT2D eigenvalue weighted by Crippen LogP contribution is 2.33. The Morgan fingerprint density at radius 1 is 1.11 bits per heavy atom. The number of hydrogen-bond acceptors (Lipinski definition) is 7. The number of nitrogens with zero attached hydrogens (tertiary/aromatic N) is 5. The number of benzene rings is 1. The Labute approximate surface area is 162 Å². The van der Waals surface area contributed by atoms with Crippen LogP contribution in [0.15, 0.2) is 52.5 Å². The molecule has 4 rings (SSSR count). The fourth-order valence-electron chi connectivity index (χ4n) is 3.18. The molecule has 6 nitrogen and oxygen atoms in total. The van der Waals surface area contributed by atoms with Crippen molar-refractivity contribution < 1.29 is 5.11 Å². The van der Waals surface area contributed by atoms with E-state index in [-0.39, 0.29) is 6.61 Å². The molecule has 1 aliphatic heterocycles. The van der Waals surface area contributed by atoms with E-state index in [1.165, 1.54) is 10.5 Å². The Hall–Kier alpha value is -2.51. The van der Waals surface area contributed by atoms with Gasteiger partial charge in [-0.15, -0.1) is 0 Å². The standard InChI is InChI=1S/C20H21N5OS/c1-14-22-17-13-25(19-7-10-21-18(24-19)9-12-26)11-8-16(17)20(23-14)27-15-5-3-2-4-6-15/h2-7,10,26H,8-9,11-13H2,1H3. The number of aliphatic hydroxyl groups is 1. The summed E-state index contributed by atoms with van der Waals surface area (Å²) in [6.45, 7) is 3.56. The van der Waals surface area contributed by atoms with Gasteiger partial charge in [-0.25, -0.2) is 19.9 Å². The minimum atomic E-state index is 0.0543. The topological polar surface area (TPSA) is 75.0 Å². The van der Waals surface area contributed by atoms with Crippen molar-refractivity contribution in [2.75, 3.05) is 18.1 Å². The molecule has 1 aromatic carbocycles. The predicted octanol–water partition coefficient (Wildman–Crippen LogP) is 2.82. The van der Waals surface area contributed by atoms with Gasteiger partial charge in [0.2, 0.25) is 0 Å². The Balaban J connectivity index is 1.60. The zero-order chi connectivity index (χ0) is 18.6. The van der Waals surface area contributed by atoms with Gasteiger partial charge in [-0.3, -0.25) is 0 Å². The minimum Gasteiger partial charge on any atom is -0.396 e. The molecule has 0 atom stereocenters. The maximum Gasteiger partial charge on any atom is 0.132 e. The monoisotopic (exact) mass is 379 g/mol. The third kappa shape index (κ3) is 4.09. The fraction of sp³-hybridized carbons (Fsp3) is 0.300. The molecule has 2 aromatic heterocycles. The summed E-state index contributed by atoms with van der Waals surface area (Å²) in [5.74, 6) is 2.34. The normalized spacial score (nSPS) is 13.5. The summed E-state index contributed by atoms with van der Waals surface area (Å²) in [7, 11) is 0. The SMILES string of the molecule is Cc1nc2c(c(Sc3ccccc3)n1)CCN(c1ccnc(CCO)n1)C2. The second kappa shape index (κ2) is 8.02. The van der Waals surface area contributed by atoms with Crippen LogP contribution in [0.5, 0.6) is 0 Å². The van der Waals surface area contributed by atoms with Crippen molar-refractivity contribution in [2.45, 2.75) is 36.2 Å². The van der Waals surface area contributed by atoms with Crippen LogP contribution in [0.25, 0.3) is 0 Å². The highest BCUT2D eigenvalue weighted by Gasteiger charge is 2.23. The molecule has 0 radical (unpaired) electrons. The molecule has 3 aromatic rings. The van der Waals surface area contributed by atoms with Crippen LogP contribution in [0, 0.1) is 6.92 Å². The van der Waals surface area contributed by atoms with Crippen LogP contribution in [0.1, 0.15) is 22.9 Å². The van der Waals surface area contributed by atoms with Crippen LogP contribution < -0.4 is 4.90 Å². The smallest absolute Gasteiger partial charge is 0.132 e. The van der Waals surface area contributed by atoms with Crippen molar-refractivity contribution in [1.29, 1.82) is 0 Å². The molecule has 0 amide bonds. The minimum absolute atomic E-state index is 0.0543. The van der Waals surface area contributed by atoms with E-state index in [1.54, 1.807) is 18.0 Å². The van der Waals surface area contributed by atoms with E-state index < -0.39 is 0 Å². The highest BCUT2D eigenvalue weighted by molar-refractivity contribution is 7.99. The quantitative estimate of drug-likeness (QED) is 0.683. The number of aryl methyl sites for hydroxylation is 1. The third-order valence-corrected chi connectivity index (χ3v) is 5.49. The average molecular weight is 379 g/mol. The number of hydrogen-bond donors (Lipinski definition) is 1. The number of anilines is 1. The largest absolute Gasteiger partial charge is 0.396 e. The Morgan fingerprint density at radius 3 is 2.78 bits per heavy atom. The first-order chi connectivity index (χ1) is 13.2. The Morgan fingerprint density at radius 2 is 1.96 bits per heavy atom. The predicted molar refractivity (Wildman–Crippen MR) is 105 cm³/mol. The molecule has 138 valence electrons. The van der Waals surface area contributed by atoms with Crippen molar-refractivity contribution >= 4 is 17.6 Å². The second-order valence-corrected chi connectivity index (χ2v) is 7.45. The molecule has 0 saturated heterocycles. The van der Waals surface area contributed by atoms with Crippen molar-refractivity contribution in [3.8, 4) is 0 Å². The summed E-state index contributed by atoms with van der Waals surface area (Å²) < 4.78 is 0. The summed E-state index contributed by atoms with van der Waals surface area (Å²) in [5.41, 5.74) is 2.30. The lowest BCUT2D eigenvalue weighted by atomic mass is 10.1. The summed E-state index contributed by atoms with van der Waals surface area (Å²) in [5, 5.41) is 10.2. The van der Waals surface area contributed by atoms with Crippen molar-refractivity contribution in [3.05, 3.63) is 65.5 Å². The van der Waals surface area contributed by atoms with Crippen LogP contribution in [-0.4, -0.2) is 38.2 Å². The number of aliphatic hydroxyl groups excluding tert-OH is 1. The molecule has 3 heterocycles. The Kier molecular flexibility index (Phi) is 5.31. The molecular formula is C20H21N5OS. The number of aromatic nitrogens is 4. The molecular weight excluding hydrogens is 358 g/mol. The van der Waals surface area contributed by atoms with Gasteiger partial charge in [-0.05, 0) is 31.5 Å². The zero-order valence-corrected chi connectivity index (χ0v) is 16.0. The van der Waals surface area contributed by atoms with E-state index in [0.717, 1.165) is 35.3 Å². The second-order valence-electron chi connectivity index (χ2n) is 6.39. The van der Waals surface area contributed by atoms with Gasteiger partial charge in [-0.1, -0.05) is 30.0 Å². The maximum absolute atomic E-state index is 9.12. The van der Waals surface area contributed by atoms with Gasteiger partial charge in [-0.2, -0.15) is 0 Å². The van der Waals surface area contributed by atoms with Gasteiger partial charge in [0.15, 0.2) is 0 Å². The summed E-state index contributed by atoms with van der Waals surface area (Å²) in [4.78, 5) is 21.6. The van der Waals surface area contributed by atoms with E-state index >= 15 is 0 Å². The van der Waals surface area contributed by atoms with Gasteiger partial charge in [0.1, 0.15) is 22.5 Å². The fourth-order valence-corrected chi connectivity index (χ4v) is 4.22. The molecule has 0 saturated carbocycles. The molecule has 0 unspecified atom stereocenters. The lowest BCUT2D eigenvalue weighted by molar-refractivity contribution is 0.296. The summed E-state index contributed by atoms with van der Waals surface area (Å²) in [6.07, 6.45) is 3.10. The van der Waals surface area contributed by atoms with Crippen molar-refractivity contribution in [3.63, 3.8) is 0 Å². The number of fused-ring (bicyclic) bond motifs is 1. The molecule has 7 heteroatoms. The zero-order valence-electron chi connectivity index (χ0n) is 15.2. The maximum atomic E-state index is 9.12. The number of rotatable bonds is 5. The van der Waals surface area contributed by atoms with Gasteiger partial charge in [0.25, 0.3) is 0 Å². The molecule has 1 N–H and O–H groups in total. The first kappa shape index (κ1) is 17.9. The van der Waals surface area contributed by atoms with Crippen LogP contribution in [0.2, 0.25) is 0 Å². The molecule has 1 aliphatic rings. The van der Waals surface area contributed by atoms with Crippen molar-refractivity contribution in [1.82, 2.24) is 19.9 Å². The molecule has 0 aliphatic carbocycles. The van der Waals surface area contributed by atoms with Crippen LogP contribution >= 0.6 is 11.8 Å². The van der Waals surface area contributed by atoms with E-state index in [0.29, 0.717) is 18.8 Å². The van der Waals surface area contributed by atoms with Crippen LogP contribution in [0.4, 0.5) is 5.82 Å². The molecule has 27 heavy (non-hydrogen) atoms. The van der Waals surface area contributed by atoms with Crippen molar-refractivity contribution in [2.24, 2.45) is 0 Å². The summed E-state index contributed by atoms with van der Waals surface area (Å²) >= 11 is 1.70. The van der Waals surface area contributed by atoms with Gasteiger partial charge >= 0.3 is 0 Å². The van der Waals surface area contributed by atoms with E-state index in [9.17, 15) is 0 Å². The third-order valence-electron chi connectivity index (χ3n) is 4.45. The average Bonchev–Trinajstić information content (AvgIpc) is 2.69. The van der Waals surface area contributed by atoms with E-state index in [2.05, 4.69) is 27.0 Å². The van der Waals surface area contributed by atoms with E-state index in [4.69, 9.17) is 15.1 Å².